The minimum atomic E-state index is -1.34. The summed E-state index contributed by atoms with van der Waals surface area (Å²) < 4.78 is 5.74. The molecule has 10 heteroatoms. The maximum absolute atomic E-state index is 12.6. The number of rotatable bonds is 8. The molecule has 0 bridgehead atoms. The Hall–Kier alpha value is -4.24. The largest absolute Gasteiger partial charge is 0.507 e. The van der Waals surface area contributed by atoms with E-state index in [2.05, 4.69) is 10.5 Å². The second kappa shape index (κ2) is 10.1. The van der Waals surface area contributed by atoms with Crippen molar-refractivity contribution in [2.24, 2.45) is 5.10 Å². The number of hydrazone groups is 1. The number of amides is 1. The number of carbonyl (C=O) groups excluding carboxylic acids is 2. The summed E-state index contributed by atoms with van der Waals surface area (Å²) in [4.78, 5) is 35.3. The van der Waals surface area contributed by atoms with E-state index in [-0.39, 0.29) is 22.8 Å². The van der Waals surface area contributed by atoms with Crippen LogP contribution in [0.3, 0.4) is 0 Å². The Balaban J connectivity index is 1.64. The molecular weight excluding hydrogens is 462 g/mol. The highest BCUT2D eigenvalue weighted by Crippen LogP contribution is 2.22. The Morgan fingerprint density at radius 1 is 1.06 bits per heavy atom. The molecule has 174 valence electrons. The molecule has 0 spiro atoms. The molecular formula is C24H20ClN3O6. The van der Waals surface area contributed by atoms with Gasteiger partial charge in [-0.2, -0.15) is 5.10 Å². The zero-order valence-corrected chi connectivity index (χ0v) is 18.9. The number of non-ortho nitro benzene ring substituents is 1. The molecule has 0 unspecified atom stereocenters. The second-order valence-electron chi connectivity index (χ2n) is 7.67. The quantitative estimate of drug-likeness (QED) is 0.211. The van der Waals surface area contributed by atoms with Gasteiger partial charge in [-0.05, 0) is 68.4 Å². The molecule has 0 aromatic heterocycles. The predicted molar refractivity (Wildman–Crippen MR) is 127 cm³/mol. The molecule has 0 saturated carbocycles. The van der Waals surface area contributed by atoms with Gasteiger partial charge in [-0.15, -0.1) is 0 Å². The third-order valence-electron chi connectivity index (χ3n) is 4.73. The first-order valence-electron chi connectivity index (χ1n) is 9.97. The Morgan fingerprint density at radius 3 is 2.24 bits per heavy atom. The number of nitro benzene ring substituents is 1. The smallest absolute Gasteiger partial charge is 0.283 e. The fraction of sp³-hybridized carbons (Fsp3) is 0.125. The Bertz CT molecular complexity index is 1250. The van der Waals surface area contributed by atoms with Crippen molar-refractivity contribution in [3.05, 3.63) is 98.6 Å². The summed E-state index contributed by atoms with van der Waals surface area (Å²) in [6.45, 7) is 3.05. The minimum absolute atomic E-state index is 0.0640. The van der Waals surface area contributed by atoms with Crippen LogP contribution in [-0.4, -0.2) is 33.5 Å². The Morgan fingerprint density at radius 2 is 1.65 bits per heavy atom. The highest BCUT2D eigenvalue weighted by Gasteiger charge is 2.30. The van der Waals surface area contributed by atoms with Crippen molar-refractivity contribution in [2.75, 3.05) is 0 Å². The summed E-state index contributed by atoms with van der Waals surface area (Å²) in [6.07, 6.45) is 1.09. The van der Waals surface area contributed by atoms with E-state index in [9.17, 15) is 24.8 Å². The number of nitro groups is 1. The highest BCUT2D eigenvalue weighted by molar-refractivity contribution is 6.30. The van der Waals surface area contributed by atoms with Gasteiger partial charge in [-0.3, -0.25) is 19.7 Å². The molecule has 3 aromatic rings. The molecule has 0 atom stereocenters. The molecule has 0 aliphatic carbocycles. The maximum atomic E-state index is 12.6. The van der Waals surface area contributed by atoms with E-state index in [1.165, 1.54) is 13.8 Å². The zero-order valence-electron chi connectivity index (χ0n) is 18.2. The average Bonchev–Trinajstić information content (AvgIpc) is 2.80. The average molecular weight is 482 g/mol. The SMILES string of the molecule is CC(C)(Oc1ccc(C(=O)c2ccc(Cl)cc2)cc1)C(=O)N/N=C/c1cc([N+](=O)[O-])ccc1O. The molecule has 34 heavy (non-hydrogen) atoms. The summed E-state index contributed by atoms with van der Waals surface area (Å²) in [5, 5.41) is 24.9. The standard InChI is InChI=1S/C24H20ClN3O6/c1-24(2,23(31)27-26-14-17-13-19(28(32)33)9-12-21(17)29)34-20-10-5-16(6-11-20)22(30)15-3-7-18(25)8-4-15/h3-14,29H,1-2H3,(H,27,31)/b26-14+. The molecule has 9 nitrogen and oxygen atoms in total. The van der Waals surface area contributed by atoms with Gasteiger partial charge in [0.25, 0.3) is 11.6 Å². The van der Waals surface area contributed by atoms with E-state index in [1.807, 2.05) is 0 Å². The molecule has 0 saturated heterocycles. The van der Waals surface area contributed by atoms with Crippen LogP contribution in [0.15, 0.2) is 71.8 Å². The number of carbonyl (C=O) groups is 2. The number of aromatic hydroxyl groups is 1. The number of halogens is 1. The second-order valence-corrected chi connectivity index (χ2v) is 8.11. The molecule has 1 amide bonds. The first-order chi connectivity index (χ1) is 16.1. The number of ether oxygens (including phenoxy) is 1. The van der Waals surface area contributed by atoms with Gasteiger partial charge in [-0.25, -0.2) is 5.43 Å². The summed E-state index contributed by atoms with van der Waals surface area (Å²) in [7, 11) is 0. The van der Waals surface area contributed by atoms with Gasteiger partial charge in [0.05, 0.1) is 11.1 Å². The van der Waals surface area contributed by atoms with Crippen molar-refractivity contribution in [2.45, 2.75) is 19.4 Å². The van der Waals surface area contributed by atoms with Crippen LogP contribution in [0.2, 0.25) is 5.02 Å². The van der Waals surface area contributed by atoms with Crippen LogP contribution >= 0.6 is 11.6 Å². The van der Waals surface area contributed by atoms with Crippen LogP contribution in [0.1, 0.15) is 35.3 Å². The lowest BCUT2D eigenvalue weighted by Crippen LogP contribution is -2.44. The fourth-order valence-corrected chi connectivity index (χ4v) is 2.96. The van der Waals surface area contributed by atoms with Gasteiger partial charge >= 0.3 is 0 Å². The van der Waals surface area contributed by atoms with Crippen molar-refractivity contribution in [1.29, 1.82) is 0 Å². The lowest BCUT2D eigenvalue weighted by atomic mass is 10.0. The van der Waals surface area contributed by atoms with Crippen LogP contribution < -0.4 is 10.2 Å². The minimum Gasteiger partial charge on any atom is -0.507 e. The van der Waals surface area contributed by atoms with Gasteiger partial charge in [-0.1, -0.05) is 11.6 Å². The van der Waals surface area contributed by atoms with E-state index in [0.29, 0.717) is 21.9 Å². The molecule has 3 aromatic carbocycles. The first kappa shape index (κ1) is 24.4. The summed E-state index contributed by atoms with van der Waals surface area (Å²) in [5.41, 5.74) is 1.71. The van der Waals surface area contributed by atoms with Crippen molar-refractivity contribution in [3.63, 3.8) is 0 Å². The molecule has 2 N–H and O–H groups in total. The first-order valence-corrected chi connectivity index (χ1v) is 10.3. The van der Waals surface area contributed by atoms with Gasteiger partial charge in [0, 0.05) is 33.8 Å². The summed E-state index contributed by atoms with van der Waals surface area (Å²) in [6, 6.07) is 16.3. The highest BCUT2D eigenvalue weighted by atomic mass is 35.5. The predicted octanol–water partition coefficient (Wildman–Crippen LogP) is 4.49. The monoisotopic (exact) mass is 481 g/mol. The molecule has 3 rings (SSSR count). The molecule has 0 aliphatic heterocycles. The van der Waals surface area contributed by atoms with Gasteiger partial charge in [0.2, 0.25) is 0 Å². The third kappa shape index (κ3) is 5.96. The van der Waals surface area contributed by atoms with E-state index in [0.717, 1.165) is 24.4 Å². The van der Waals surface area contributed by atoms with E-state index in [1.54, 1.807) is 48.5 Å². The van der Waals surface area contributed by atoms with Gasteiger partial charge in [0.15, 0.2) is 11.4 Å². The Labute approximate surface area is 199 Å². The summed E-state index contributed by atoms with van der Waals surface area (Å²) in [5.74, 6) is -0.658. The number of nitrogens with zero attached hydrogens (tertiary/aromatic N) is 2. The number of phenolic OH excluding ortho intramolecular Hbond substituents is 1. The van der Waals surface area contributed by atoms with Crippen molar-refractivity contribution in [3.8, 4) is 11.5 Å². The molecule has 0 fully saturated rings. The fourth-order valence-electron chi connectivity index (χ4n) is 2.84. The van der Waals surface area contributed by atoms with Crippen LogP contribution in [0.5, 0.6) is 11.5 Å². The maximum Gasteiger partial charge on any atom is 0.283 e. The van der Waals surface area contributed by atoms with Gasteiger partial charge in [0.1, 0.15) is 11.5 Å². The molecule has 0 radical (unpaired) electrons. The van der Waals surface area contributed by atoms with E-state index in [4.69, 9.17) is 16.3 Å². The normalized spacial score (nSPS) is 11.3. The van der Waals surface area contributed by atoms with Crippen molar-refractivity contribution in [1.82, 2.24) is 5.43 Å². The summed E-state index contributed by atoms with van der Waals surface area (Å²) >= 11 is 5.85. The number of phenols is 1. The number of hydrogen-bond donors (Lipinski definition) is 2. The van der Waals surface area contributed by atoms with E-state index >= 15 is 0 Å². The van der Waals surface area contributed by atoms with Crippen LogP contribution in [0.25, 0.3) is 0 Å². The van der Waals surface area contributed by atoms with E-state index < -0.39 is 16.4 Å². The number of benzene rings is 3. The van der Waals surface area contributed by atoms with Crippen LogP contribution in [0, 0.1) is 10.1 Å². The number of ketones is 1. The lowest BCUT2D eigenvalue weighted by Gasteiger charge is -2.24. The zero-order chi connectivity index (χ0) is 24.9. The lowest BCUT2D eigenvalue weighted by molar-refractivity contribution is -0.384. The molecule has 0 aliphatic rings. The topological polar surface area (TPSA) is 131 Å². The van der Waals surface area contributed by atoms with Gasteiger partial charge < -0.3 is 9.84 Å². The van der Waals surface area contributed by atoms with Crippen LogP contribution in [0.4, 0.5) is 5.69 Å². The van der Waals surface area contributed by atoms with Crippen molar-refractivity contribution < 1.29 is 24.4 Å². The number of nitrogens with one attached hydrogen (secondary N) is 1. The third-order valence-corrected chi connectivity index (χ3v) is 4.99. The van der Waals surface area contributed by atoms with Crippen LogP contribution in [-0.2, 0) is 4.79 Å². The number of hydrogen-bond acceptors (Lipinski definition) is 7. The van der Waals surface area contributed by atoms with Crippen molar-refractivity contribution >= 4 is 35.2 Å². The Kier molecular flexibility index (Phi) is 7.28. The molecule has 0 heterocycles.